The van der Waals surface area contributed by atoms with Crippen molar-refractivity contribution in [3.05, 3.63) is 29.8 Å². The van der Waals surface area contributed by atoms with Crippen molar-refractivity contribution in [3.8, 4) is 0 Å². The number of hydrogen-bond acceptors (Lipinski definition) is 4. The van der Waals surface area contributed by atoms with Crippen molar-refractivity contribution >= 4 is 11.8 Å². The van der Waals surface area contributed by atoms with Crippen LogP contribution in [0, 0.1) is 0 Å². The first kappa shape index (κ1) is 16.3. The van der Waals surface area contributed by atoms with Gasteiger partial charge in [-0.15, -0.1) is 0 Å². The molecule has 5 heteroatoms. The Morgan fingerprint density at radius 1 is 1.35 bits per heavy atom. The lowest BCUT2D eigenvalue weighted by Crippen LogP contribution is -2.38. The number of benzene rings is 1. The highest BCUT2D eigenvalue weighted by atomic mass is 16.6. The van der Waals surface area contributed by atoms with E-state index in [9.17, 15) is 9.90 Å². The number of rotatable bonds is 5. The van der Waals surface area contributed by atoms with Gasteiger partial charge in [-0.3, -0.25) is 0 Å². The minimum Gasteiger partial charge on any atom is -0.444 e. The molecule has 0 aromatic heterocycles. The molecule has 0 radical (unpaired) electrons. The van der Waals surface area contributed by atoms with Crippen LogP contribution in [0.5, 0.6) is 0 Å². The molecule has 1 unspecified atom stereocenters. The van der Waals surface area contributed by atoms with Crippen molar-refractivity contribution in [1.29, 1.82) is 0 Å². The zero-order valence-electron chi connectivity index (χ0n) is 12.6. The second kappa shape index (κ2) is 7.14. The van der Waals surface area contributed by atoms with Gasteiger partial charge in [0, 0.05) is 23.8 Å². The number of carbonyl (C=O) groups excluding carboxylic acids is 1. The number of ether oxygens (including phenoxy) is 1. The summed E-state index contributed by atoms with van der Waals surface area (Å²) in [5, 5.41) is 15.2. The minimum absolute atomic E-state index is 0.0185. The van der Waals surface area contributed by atoms with Crippen LogP contribution >= 0.6 is 0 Å². The predicted molar refractivity (Wildman–Crippen MR) is 79.7 cm³/mol. The van der Waals surface area contributed by atoms with Gasteiger partial charge in [0.25, 0.3) is 0 Å². The minimum atomic E-state index is -0.496. The van der Waals surface area contributed by atoms with Crippen LogP contribution in [0.3, 0.4) is 0 Å². The van der Waals surface area contributed by atoms with Gasteiger partial charge < -0.3 is 20.5 Å². The van der Waals surface area contributed by atoms with Crippen LogP contribution < -0.4 is 10.6 Å². The normalized spacial score (nSPS) is 12.7. The topological polar surface area (TPSA) is 70.6 Å². The third-order valence-corrected chi connectivity index (χ3v) is 2.54. The van der Waals surface area contributed by atoms with E-state index in [0.717, 1.165) is 11.3 Å². The predicted octanol–water partition coefficient (Wildman–Crippen LogP) is 2.50. The van der Waals surface area contributed by atoms with Crippen LogP contribution in [0.15, 0.2) is 24.3 Å². The fraction of sp³-hybridized carbons (Fsp3) is 0.533. The Morgan fingerprint density at radius 3 is 2.60 bits per heavy atom. The maximum atomic E-state index is 11.5. The summed E-state index contributed by atoms with van der Waals surface area (Å²) in [7, 11) is 0. The Balaban J connectivity index is 2.44. The number of para-hydroxylation sites is 1. The number of aliphatic hydroxyl groups is 1. The Labute approximate surface area is 120 Å². The number of anilines is 1. The average Bonchev–Trinajstić information content (AvgIpc) is 2.35. The molecule has 0 saturated carbocycles. The van der Waals surface area contributed by atoms with Crippen LogP contribution in [0.4, 0.5) is 10.5 Å². The van der Waals surface area contributed by atoms with Crippen molar-refractivity contribution in [2.75, 3.05) is 11.9 Å². The Kier molecular flexibility index (Phi) is 5.82. The number of amides is 1. The standard InChI is InChI=1S/C15H24N2O3/c1-11(9-16-14(19)20-15(2,3)4)17-13-8-6-5-7-12(13)10-18/h5-8,11,17-18H,9-10H2,1-4H3,(H,16,19). The highest BCUT2D eigenvalue weighted by Gasteiger charge is 2.16. The van der Waals surface area contributed by atoms with E-state index in [1.165, 1.54) is 0 Å². The SMILES string of the molecule is CC(CNC(=O)OC(C)(C)C)Nc1ccccc1CO. The molecule has 20 heavy (non-hydrogen) atoms. The zero-order chi connectivity index (χ0) is 15.2. The monoisotopic (exact) mass is 280 g/mol. The quantitative estimate of drug-likeness (QED) is 0.775. The summed E-state index contributed by atoms with van der Waals surface area (Å²) in [4.78, 5) is 11.5. The van der Waals surface area contributed by atoms with Crippen LogP contribution in [-0.4, -0.2) is 29.4 Å². The molecule has 112 valence electrons. The maximum absolute atomic E-state index is 11.5. The summed E-state index contributed by atoms with van der Waals surface area (Å²) in [6.07, 6.45) is -0.429. The van der Waals surface area contributed by atoms with Crippen LogP contribution in [0.2, 0.25) is 0 Å². The second-order valence-electron chi connectivity index (χ2n) is 5.74. The molecule has 5 nitrogen and oxygen atoms in total. The Hall–Kier alpha value is -1.75. The molecule has 0 aliphatic rings. The van der Waals surface area contributed by atoms with Crippen LogP contribution in [0.1, 0.15) is 33.3 Å². The first-order chi connectivity index (χ1) is 9.31. The molecule has 0 bridgehead atoms. The van der Waals surface area contributed by atoms with Crippen molar-refractivity contribution in [3.63, 3.8) is 0 Å². The van der Waals surface area contributed by atoms with Gasteiger partial charge in [-0.25, -0.2) is 4.79 Å². The molecule has 0 spiro atoms. The van der Waals surface area contributed by atoms with E-state index in [-0.39, 0.29) is 12.6 Å². The smallest absolute Gasteiger partial charge is 0.407 e. The molecule has 0 saturated heterocycles. The molecular formula is C15H24N2O3. The van der Waals surface area contributed by atoms with E-state index < -0.39 is 11.7 Å². The van der Waals surface area contributed by atoms with Gasteiger partial charge >= 0.3 is 6.09 Å². The van der Waals surface area contributed by atoms with Crippen molar-refractivity contribution in [2.24, 2.45) is 0 Å². The fourth-order valence-corrected chi connectivity index (χ4v) is 1.67. The van der Waals surface area contributed by atoms with Crippen molar-refractivity contribution in [1.82, 2.24) is 5.32 Å². The van der Waals surface area contributed by atoms with Gasteiger partial charge in [0.1, 0.15) is 5.60 Å². The van der Waals surface area contributed by atoms with Crippen molar-refractivity contribution < 1.29 is 14.6 Å². The summed E-state index contributed by atoms with van der Waals surface area (Å²) >= 11 is 0. The average molecular weight is 280 g/mol. The van der Waals surface area contributed by atoms with Crippen LogP contribution in [0.25, 0.3) is 0 Å². The van der Waals surface area contributed by atoms with E-state index in [1.807, 2.05) is 52.0 Å². The summed E-state index contributed by atoms with van der Waals surface area (Å²) in [5.41, 5.74) is 1.20. The maximum Gasteiger partial charge on any atom is 0.407 e. The molecule has 3 N–H and O–H groups in total. The molecular weight excluding hydrogens is 256 g/mol. The highest BCUT2D eigenvalue weighted by Crippen LogP contribution is 2.15. The van der Waals surface area contributed by atoms with Crippen molar-refractivity contribution in [2.45, 2.75) is 45.9 Å². The van der Waals surface area contributed by atoms with Crippen LogP contribution in [-0.2, 0) is 11.3 Å². The molecule has 1 amide bonds. The van der Waals surface area contributed by atoms with E-state index in [1.54, 1.807) is 0 Å². The molecule has 1 atom stereocenters. The Morgan fingerprint density at radius 2 is 2.00 bits per heavy atom. The lowest BCUT2D eigenvalue weighted by atomic mass is 10.1. The largest absolute Gasteiger partial charge is 0.444 e. The summed E-state index contributed by atoms with van der Waals surface area (Å²) in [6, 6.07) is 7.55. The molecule has 1 rings (SSSR count). The molecule has 0 aliphatic carbocycles. The first-order valence-electron chi connectivity index (χ1n) is 6.74. The molecule has 0 heterocycles. The van der Waals surface area contributed by atoms with Gasteiger partial charge in [0.05, 0.1) is 6.61 Å². The molecule has 1 aromatic carbocycles. The van der Waals surface area contributed by atoms with Gasteiger partial charge in [0.15, 0.2) is 0 Å². The lowest BCUT2D eigenvalue weighted by molar-refractivity contribution is 0.0526. The van der Waals surface area contributed by atoms with Gasteiger partial charge in [-0.2, -0.15) is 0 Å². The number of nitrogens with one attached hydrogen (secondary N) is 2. The third kappa shape index (κ3) is 5.93. The third-order valence-electron chi connectivity index (χ3n) is 2.54. The van der Waals surface area contributed by atoms with E-state index in [2.05, 4.69) is 10.6 Å². The van der Waals surface area contributed by atoms with E-state index >= 15 is 0 Å². The van der Waals surface area contributed by atoms with Gasteiger partial charge in [-0.1, -0.05) is 18.2 Å². The first-order valence-corrected chi connectivity index (χ1v) is 6.74. The summed E-state index contributed by atoms with van der Waals surface area (Å²) in [5.74, 6) is 0. The summed E-state index contributed by atoms with van der Waals surface area (Å²) < 4.78 is 5.17. The fourth-order valence-electron chi connectivity index (χ4n) is 1.67. The highest BCUT2D eigenvalue weighted by molar-refractivity contribution is 5.67. The van der Waals surface area contributed by atoms with E-state index in [4.69, 9.17) is 4.74 Å². The molecule has 0 aliphatic heterocycles. The zero-order valence-corrected chi connectivity index (χ0v) is 12.6. The lowest BCUT2D eigenvalue weighted by Gasteiger charge is -2.22. The number of carbonyl (C=O) groups is 1. The molecule has 0 fully saturated rings. The second-order valence-corrected chi connectivity index (χ2v) is 5.74. The van der Waals surface area contributed by atoms with Gasteiger partial charge in [0.2, 0.25) is 0 Å². The summed E-state index contributed by atoms with van der Waals surface area (Å²) in [6.45, 7) is 7.85. The number of aliphatic hydroxyl groups excluding tert-OH is 1. The Bertz CT molecular complexity index is 441. The number of alkyl carbamates (subject to hydrolysis) is 1. The van der Waals surface area contributed by atoms with Gasteiger partial charge in [-0.05, 0) is 33.8 Å². The van der Waals surface area contributed by atoms with E-state index in [0.29, 0.717) is 6.54 Å². The molecule has 1 aromatic rings. The number of hydrogen-bond donors (Lipinski definition) is 3.